The highest BCUT2D eigenvalue weighted by atomic mass is 16.3. The lowest BCUT2D eigenvalue weighted by molar-refractivity contribution is -0.121. The third-order valence-electron chi connectivity index (χ3n) is 3.80. The lowest BCUT2D eigenvalue weighted by Gasteiger charge is -2.24. The van der Waals surface area contributed by atoms with Crippen molar-refractivity contribution in [1.29, 1.82) is 0 Å². The molecule has 0 saturated carbocycles. The van der Waals surface area contributed by atoms with Gasteiger partial charge in [0.25, 0.3) is 5.91 Å². The first-order valence-corrected chi connectivity index (χ1v) is 8.83. The summed E-state index contributed by atoms with van der Waals surface area (Å²) in [6.45, 7) is 13.8. The van der Waals surface area contributed by atoms with E-state index in [0.29, 0.717) is 49.2 Å². The van der Waals surface area contributed by atoms with Crippen molar-refractivity contribution in [2.24, 2.45) is 11.8 Å². The van der Waals surface area contributed by atoms with E-state index >= 15 is 0 Å². The third-order valence-corrected chi connectivity index (χ3v) is 3.80. The van der Waals surface area contributed by atoms with E-state index in [1.165, 1.54) is 0 Å². The summed E-state index contributed by atoms with van der Waals surface area (Å²) in [5, 5.41) is 2.92. The molecule has 136 valence electrons. The molecule has 0 aromatic carbocycles. The summed E-state index contributed by atoms with van der Waals surface area (Å²) in [5.74, 6) is 2.20. The second-order valence-corrected chi connectivity index (χ2v) is 7.25. The molecule has 24 heavy (non-hydrogen) atoms. The van der Waals surface area contributed by atoms with Gasteiger partial charge in [0.2, 0.25) is 5.91 Å². The van der Waals surface area contributed by atoms with Gasteiger partial charge < -0.3 is 14.6 Å². The van der Waals surface area contributed by atoms with Crippen LogP contribution in [0.1, 0.15) is 62.4 Å². The number of carbonyl (C=O) groups is 2. The first-order chi connectivity index (χ1) is 11.2. The van der Waals surface area contributed by atoms with E-state index < -0.39 is 0 Å². The Hall–Kier alpha value is -1.78. The molecule has 0 unspecified atom stereocenters. The number of hydrogen-bond donors (Lipinski definition) is 1. The van der Waals surface area contributed by atoms with Crippen LogP contribution >= 0.6 is 0 Å². The van der Waals surface area contributed by atoms with Gasteiger partial charge in [-0.2, -0.15) is 0 Å². The van der Waals surface area contributed by atoms with Crippen LogP contribution in [0.4, 0.5) is 0 Å². The summed E-state index contributed by atoms with van der Waals surface area (Å²) in [4.78, 5) is 26.5. The van der Waals surface area contributed by atoms with Gasteiger partial charge in [0, 0.05) is 26.1 Å². The molecule has 0 bridgehead atoms. The number of carbonyl (C=O) groups excluding carboxylic acids is 2. The van der Waals surface area contributed by atoms with Gasteiger partial charge in [-0.1, -0.05) is 27.7 Å². The van der Waals surface area contributed by atoms with E-state index in [4.69, 9.17) is 4.42 Å². The molecule has 2 amide bonds. The molecule has 5 nitrogen and oxygen atoms in total. The zero-order valence-electron chi connectivity index (χ0n) is 15.9. The monoisotopic (exact) mass is 336 g/mol. The first-order valence-electron chi connectivity index (χ1n) is 8.83. The molecule has 0 spiro atoms. The molecule has 0 saturated heterocycles. The lowest BCUT2D eigenvalue weighted by atomic mass is 10.1. The first kappa shape index (κ1) is 20.3. The van der Waals surface area contributed by atoms with Crippen LogP contribution in [0.25, 0.3) is 0 Å². The van der Waals surface area contributed by atoms with E-state index in [1.807, 2.05) is 6.92 Å². The van der Waals surface area contributed by atoms with Gasteiger partial charge in [-0.15, -0.1) is 0 Å². The van der Waals surface area contributed by atoms with E-state index in [-0.39, 0.29) is 11.8 Å². The summed E-state index contributed by atoms with van der Waals surface area (Å²) in [6.07, 6.45) is 1.29. The van der Waals surface area contributed by atoms with E-state index in [2.05, 4.69) is 33.0 Å². The van der Waals surface area contributed by atoms with Gasteiger partial charge >= 0.3 is 0 Å². The molecular formula is C19H32N2O3. The van der Waals surface area contributed by atoms with Crippen LogP contribution in [0, 0.1) is 25.7 Å². The summed E-state index contributed by atoms with van der Waals surface area (Å²) in [5.41, 5.74) is 0.591. The van der Waals surface area contributed by atoms with Gasteiger partial charge in [-0.25, -0.2) is 0 Å². The molecule has 1 rings (SSSR count). The molecular weight excluding hydrogens is 304 g/mol. The summed E-state index contributed by atoms with van der Waals surface area (Å²) in [7, 11) is 0. The van der Waals surface area contributed by atoms with Crippen molar-refractivity contribution in [3.63, 3.8) is 0 Å². The second kappa shape index (κ2) is 9.50. The summed E-state index contributed by atoms with van der Waals surface area (Å²) < 4.78 is 5.47. The predicted octanol–water partition coefficient (Wildman–Crippen LogP) is 3.55. The number of furan rings is 1. The standard InChI is InChI=1S/C19H32N2O3/c1-13(2)7-9-20-18(22)8-10-21(12-14(3)4)19(23)17-11-15(5)24-16(17)6/h11,13-14H,7-10,12H2,1-6H3,(H,20,22). The maximum absolute atomic E-state index is 12.8. The van der Waals surface area contributed by atoms with Crippen LogP contribution in [0.5, 0.6) is 0 Å². The minimum absolute atomic E-state index is 0.00250. The van der Waals surface area contributed by atoms with Gasteiger partial charge in [-0.05, 0) is 38.2 Å². The van der Waals surface area contributed by atoms with Crippen molar-refractivity contribution in [3.8, 4) is 0 Å². The quantitative estimate of drug-likeness (QED) is 0.750. The molecule has 1 N–H and O–H groups in total. The summed E-state index contributed by atoms with van der Waals surface area (Å²) >= 11 is 0. The smallest absolute Gasteiger partial charge is 0.257 e. The van der Waals surface area contributed by atoms with E-state index in [9.17, 15) is 9.59 Å². The molecule has 1 aromatic rings. The van der Waals surface area contributed by atoms with Crippen LogP contribution < -0.4 is 5.32 Å². The minimum Gasteiger partial charge on any atom is -0.466 e. The number of aryl methyl sites for hydroxylation is 2. The molecule has 0 atom stereocenters. The highest BCUT2D eigenvalue weighted by Crippen LogP contribution is 2.17. The molecule has 1 heterocycles. The van der Waals surface area contributed by atoms with Crippen molar-refractivity contribution < 1.29 is 14.0 Å². The molecule has 0 aliphatic heterocycles. The van der Waals surface area contributed by atoms with Crippen molar-refractivity contribution >= 4 is 11.8 Å². The topological polar surface area (TPSA) is 62.6 Å². The lowest BCUT2D eigenvalue weighted by Crippen LogP contribution is -2.38. The Morgan fingerprint density at radius 3 is 2.33 bits per heavy atom. The van der Waals surface area contributed by atoms with Crippen molar-refractivity contribution in [2.75, 3.05) is 19.6 Å². The third kappa shape index (κ3) is 6.77. The van der Waals surface area contributed by atoms with Gasteiger partial charge in [-0.3, -0.25) is 9.59 Å². The molecule has 0 aliphatic rings. The Balaban J connectivity index is 2.64. The SMILES string of the molecule is Cc1cc(C(=O)N(CCC(=O)NCCC(C)C)CC(C)C)c(C)o1. The van der Waals surface area contributed by atoms with Crippen LogP contribution in [-0.2, 0) is 4.79 Å². The number of nitrogens with zero attached hydrogens (tertiary/aromatic N) is 1. The van der Waals surface area contributed by atoms with Crippen LogP contribution in [0.2, 0.25) is 0 Å². The number of rotatable bonds is 9. The zero-order valence-corrected chi connectivity index (χ0v) is 15.9. The average molecular weight is 336 g/mol. The Morgan fingerprint density at radius 1 is 1.17 bits per heavy atom. The fourth-order valence-electron chi connectivity index (χ4n) is 2.56. The van der Waals surface area contributed by atoms with Crippen LogP contribution in [0.15, 0.2) is 10.5 Å². The van der Waals surface area contributed by atoms with Crippen LogP contribution in [-0.4, -0.2) is 36.3 Å². The van der Waals surface area contributed by atoms with E-state index in [0.717, 1.165) is 12.2 Å². The number of amides is 2. The van der Waals surface area contributed by atoms with Crippen LogP contribution in [0.3, 0.4) is 0 Å². The maximum atomic E-state index is 12.8. The molecule has 0 radical (unpaired) electrons. The molecule has 0 fully saturated rings. The fourth-order valence-corrected chi connectivity index (χ4v) is 2.56. The maximum Gasteiger partial charge on any atom is 0.257 e. The van der Waals surface area contributed by atoms with E-state index in [1.54, 1.807) is 17.9 Å². The van der Waals surface area contributed by atoms with Gasteiger partial charge in [0.15, 0.2) is 0 Å². The minimum atomic E-state index is -0.0620. The Morgan fingerprint density at radius 2 is 1.83 bits per heavy atom. The molecule has 5 heteroatoms. The Kier molecular flexibility index (Phi) is 8.02. The largest absolute Gasteiger partial charge is 0.466 e. The average Bonchev–Trinajstić information content (AvgIpc) is 2.80. The molecule has 0 aliphatic carbocycles. The van der Waals surface area contributed by atoms with Crippen molar-refractivity contribution in [1.82, 2.24) is 10.2 Å². The van der Waals surface area contributed by atoms with Crippen molar-refractivity contribution in [3.05, 3.63) is 23.2 Å². The van der Waals surface area contributed by atoms with Gasteiger partial charge in [0.05, 0.1) is 5.56 Å². The predicted molar refractivity (Wildman–Crippen MR) is 96.0 cm³/mol. The Bertz CT molecular complexity index is 547. The number of hydrogen-bond acceptors (Lipinski definition) is 3. The number of nitrogens with one attached hydrogen (secondary N) is 1. The Labute approximate surface area is 145 Å². The van der Waals surface area contributed by atoms with Gasteiger partial charge in [0.1, 0.15) is 11.5 Å². The fraction of sp³-hybridized carbons (Fsp3) is 0.684. The zero-order chi connectivity index (χ0) is 18.3. The highest BCUT2D eigenvalue weighted by molar-refractivity contribution is 5.95. The molecule has 1 aromatic heterocycles. The highest BCUT2D eigenvalue weighted by Gasteiger charge is 2.21. The summed E-state index contributed by atoms with van der Waals surface area (Å²) in [6, 6.07) is 1.77. The van der Waals surface area contributed by atoms with Crippen molar-refractivity contribution in [2.45, 2.75) is 54.4 Å². The second-order valence-electron chi connectivity index (χ2n) is 7.25. The normalized spacial score (nSPS) is 11.2.